The van der Waals surface area contributed by atoms with Crippen molar-refractivity contribution in [1.82, 2.24) is 19.1 Å². The van der Waals surface area contributed by atoms with E-state index in [0.717, 1.165) is 30.7 Å². The van der Waals surface area contributed by atoms with Crippen molar-refractivity contribution in [3.05, 3.63) is 56.8 Å². The summed E-state index contributed by atoms with van der Waals surface area (Å²) in [4.78, 5) is 35.4. The van der Waals surface area contributed by atoms with E-state index in [9.17, 15) is 18.4 Å². The molecule has 2 amide bonds. The molecular weight excluding hydrogens is 785 g/mol. The van der Waals surface area contributed by atoms with Crippen LogP contribution < -0.4 is 19.3 Å². The van der Waals surface area contributed by atoms with Crippen molar-refractivity contribution in [2.24, 2.45) is 0 Å². The second-order valence-electron chi connectivity index (χ2n) is 10.7. The molecular formula is C30H26BrF2IN6O6. The van der Waals surface area contributed by atoms with E-state index in [-0.39, 0.29) is 13.2 Å². The number of rotatable bonds is 4. The number of hydrogen-bond donors (Lipinski definition) is 0. The fourth-order valence-electron chi connectivity index (χ4n) is 5.63. The van der Waals surface area contributed by atoms with Crippen LogP contribution in [-0.4, -0.2) is 83.1 Å². The molecule has 4 aromatic rings. The first kappa shape index (κ1) is 30.7. The maximum atomic E-state index is 13.1. The van der Waals surface area contributed by atoms with Gasteiger partial charge in [0.1, 0.15) is 75.0 Å². The van der Waals surface area contributed by atoms with Crippen LogP contribution in [0.3, 0.4) is 0 Å². The molecule has 4 aliphatic rings. The third kappa shape index (κ3) is 5.65. The SMILES string of the molecule is O=C1OC[C@@H](CF)N1c1cn2c(n1)-c1ccc(Br)cc1OCC2.O=C1OC[C@@H](CF)N1c1cn2c(n1)-c1ccc(I)cc1OCC2. The summed E-state index contributed by atoms with van der Waals surface area (Å²) in [6.45, 7) is 0.969. The van der Waals surface area contributed by atoms with E-state index in [1.54, 1.807) is 12.4 Å². The predicted octanol–water partition coefficient (Wildman–Crippen LogP) is 5.84. The third-order valence-corrected chi connectivity index (χ3v) is 9.01. The molecule has 240 valence electrons. The summed E-state index contributed by atoms with van der Waals surface area (Å²) in [6, 6.07) is 10.3. The standard InChI is InChI=1S/C15H13BrFN3O3.C15H13FIN3O3/c16-9-1-2-11-12(5-9)22-4-3-19-7-13(18-14(11)19)20-10(6-17)8-23-15(20)21;16-6-10-8-23-15(21)20(10)13-7-19-3-4-22-12-5-9(17)1-2-11(12)14(19)18-13/h2*1-2,5,7,10H,3-4,6,8H2/t2*10-/m11/s1. The Bertz CT molecular complexity index is 1690. The van der Waals surface area contributed by atoms with Crippen LogP contribution in [0, 0.1) is 3.57 Å². The van der Waals surface area contributed by atoms with Crippen LogP contribution in [0.15, 0.2) is 53.3 Å². The van der Waals surface area contributed by atoms with Crippen molar-refractivity contribution in [3.8, 4) is 34.3 Å². The van der Waals surface area contributed by atoms with Gasteiger partial charge in [-0.25, -0.2) is 28.3 Å². The lowest BCUT2D eigenvalue weighted by atomic mass is 10.2. The largest absolute Gasteiger partial charge is 0.491 e. The molecule has 16 heteroatoms. The molecule has 4 aliphatic heterocycles. The van der Waals surface area contributed by atoms with Gasteiger partial charge in [-0.15, -0.1) is 0 Å². The number of benzene rings is 2. The van der Waals surface area contributed by atoms with Gasteiger partial charge in [-0.2, -0.15) is 0 Å². The van der Waals surface area contributed by atoms with E-state index in [1.165, 1.54) is 9.80 Å². The van der Waals surface area contributed by atoms with Crippen molar-refractivity contribution < 1.29 is 37.3 Å². The molecule has 2 saturated heterocycles. The van der Waals surface area contributed by atoms with Crippen LogP contribution in [0.5, 0.6) is 11.5 Å². The Kier molecular flexibility index (Phi) is 8.48. The smallest absolute Gasteiger partial charge is 0.416 e. The first-order chi connectivity index (χ1) is 22.3. The van der Waals surface area contributed by atoms with E-state index in [1.807, 2.05) is 45.5 Å². The number of nitrogens with zero attached hydrogens (tertiary/aromatic N) is 6. The van der Waals surface area contributed by atoms with Crippen LogP contribution in [0.2, 0.25) is 0 Å². The molecule has 6 heterocycles. The summed E-state index contributed by atoms with van der Waals surface area (Å²) in [5.74, 6) is 3.70. The van der Waals surface area contributed by atoms with Crippen LogP contribution >= 0.6 is 38.5 Å². The molecule has 2 atom stereocenters. The van der Waals surface area contributed by atoms with Gasteiger partial charge in [0.15, 0.2) is 11.6 Å². The van der Waals surface area contributed by atoms with Crippen molar-refractivity contribution >= 4 is 62.3 Å². The molecule has 46 heavy (non-hydrogen) atoms. The number of alkyl halides is 2. The van der Waals surface area contributed by atoms with E-state index < -0.39 is 37.6 Å². The molecule has 0 saturated carbocycles. The Balaban J connectivity index is 0.000000147. The molecule has 8 rings (SSSR count). The number of imidazole rings is 2. The molecule has 12 nitrogen and oxygen atoms in total. The average Bonchev–Trinajstić information content (AvgIpc) is 3.79. The number of ether oxygens (including phenoxy) is 4. The van der Waals surface area contributed by atoms with Crippen molar-refractivity contribution in [2.75, 3.05) is 49.6 Å². The Morgan fingerprint density at radius 3 is 1.78 bits per heavy atom. The summed E-state index contributed by atoms with van der Waals surface area (Å²) < 4.78 is 53.4. The van der Waals surface area contributed by atoms with Gasteiger partial charge in [0.05, 0.1) is 24.2 Å². The second-order valence-corrected chi connectivity index (χ2v) is 12.9. The zero-order valence-electron chi connectivity index (χ0n) is 24.1. The maximum Gasteiger partial charge on any atom is 0.416 e. The second kappa shape index (κ2) is 12.7. The van der Waals surface area contributed by atoms with E-state index in [2.05, 4.69) is 48.5 Å². The van der Waals surface area contributed by atoms with Gasteiger partial charge < -0.3 is 28.1 Å². The molecule has 2 aromatic heterocycles. The average molecular weight is 811 g/mol. The minimum Gasteiger partial charge on any atom is -0.491 e. The molecule has 0 N–H and O–H groups in total. The number of aromatic nitrogens is 4. The monoisotopic (exact) mass is 810 g/mol. The van der Waals surface area contributed by atoms with Crippen LogP contribution in [0.1, 0.15) is 0 Å². The Labute approximate surface area is 283 Å². The lowest BCUT2D eigenvalue weighted by molar-refractivity contribution is 0.176. The highest BCUT2D eigenvalue weighted by Gasteiger charge is 2.38. The molecule has 0 aliphatic carbocycles. The maximum absolute atomic E-state index is 13.1. The van der Waals surface area contributed by atoms with Gasteiger partial charge in [0.25, 0.3) is 0 Å². The minimum atomic E-state index is -0.666. The molecule has 0 radical (unpaired) electrons. The Hall–Kier alpha value is -3.93. The Morgan fingerprint density at radius 1 is 0.761 bits per heavy atom. The molecule has 0 bridgehead atoms. The number of carbonyl (C=O) groups excluding carboxylic acids is 2. The topological polar surface area (TPSA) is 113 Å². The number of cyclic esters (lactones) is 2. The highest BCUT2D eigenvalue weighted by atomic mass is 127. The number of hydrogen-bond acceptors (Lipinski definition) is 8. The summed E-state index contributed by atoms with van der Waals surface area (Å²) in [5.41, 5.74) is 1.69. The van der Waals surface area contributed by atoms with Crippen molar-refractivity contribution in [3.63, 3.8) is 0 Å². The number of anilines is 2. The van der Waals surface area contributed by atoms with E-state index in [0.29, 0.717) is 49.6 Å². The van der Waals surface area contributed by atoms with Gasteiger partial charge in [-0.3, -0.25) is 9.80 Å². The van der Waals surface area contributed by atoms with Crippen molar-refractivity contribution in [2.45, 2.75) is 25.2 Å². The number of fused-ring (bicyclic) bond motifs is 6. The number of amides is 2. The summed E-state index contributed by atoms with van der Waals surface area (Å²) >= 11 is 5.65. The highest BCUT2D eigenvalue weighted by Crippen LogP contribution is 2.37. The predicted molar refractivity (Wildman–Crippen MR) is 174 cm³/mol. The lowest BCUT2D eigenvalue weighted by Gasteiger charge is -2.15. The van der Waals surface area contributed by atoms with Gasteiger partial charge in [0.2, 0.25) is 0 Å². The molecule has 2 fully saturated rings. The van der Waals surface area contributed by atoms with E-state index in [4.69, 9.17) is 18.9 Å². The fourth-order valence-corrected chi connectivity index (χ4v) is 6.43. The van der Waals surface area contributed by atoms with Gasteiger partial charge in [-0.1, -0.05) is 15.9 Å². The van der Waals surface area contributed by atoms with Crippen LogP contribution in [-0.2, 0) is 22.6 Å². The normalized spacial score (nSPS) is 19.7. The Morgan fingerprint density at radius 2 is 1.26 bits per heavy atom. The van der Waals surface area contributed by atoms with Crippen LogP contribution in [0.25, 0.3) is 22.8 Å². The third-order valence-electron chi connectivity index (χ3n) is 7.85. The van der Waals surface area contributed by atoms with Crippen molar-refractivity contribution in [1.29, 1.82) is 0 Å². The summed E-state index contributed by atoms with van der Waals surface area (Å²) in [6.07, 6.45) is 2.37. The molecule has 0 spiro atoms. The fraction of sp³-hybridized carbons (Fsp3) is 0.333. The quantitative estimate of drug-likeness (QED) is 0.237. The first-order valence-electron chi connectivity index (χ1n) is 14.4. The van der Waals surface area contributed by atoms with Gasteiger partial charge in [0, 0.05) is 20.4 Å². The highest BCUT2D eigenvalue weighted by molar-refractivity contribution is 14.1. The van der Waals surface area contributed by atoms with Gasteiger partial charge in [-0.05, 0) is 59.0 Å². The molecule has 0 unspecified atom stereocenters. The minimum absolute atomic E-state index is 0.0458. The molecule has 2 aromatic carbocycles. The van der Waals surface area contributed by atoms with Crippen LogP contribution in [0.4, 0.5) is 30.0 Å². The first-order valence-corrected chi connectivity index (χ1v) is 16.3. The summed E-state index contributed by atoms with van der Waals surface area (Å²) in [5, 5.41) is 0. The zero-order chi connectivity index (χ0) is 31.9. The van der Waals surface area contributed by atoms with E-state index >= 15 is 0 Å². The number of halogens is 4. The lowest BCUT2D eigenvalue weighted by Crippen LogP contribution is -2.35. The zero-order valence-corrected chi connectivity index (χ0v) is 27.8. The van der Waals surface area contributed by atoms with Gasteiger partial charge >= 0.3 is 12.2 Å². The number of carbonyl (C=O) groups is 2. The summed E-state index contributed by atoms with van der Waals surface area (Å²) in [7, 11) is 0.